The Morgan fingerprint density at radius 1 is 1.30 bits per heavy atom. The van der Waals surface area contributed by atoms with Gasteiger partial charge < -0.3 is 20.3 Å². The summed E-state index contributed by atoms with van der Waals surface area (Å²) < 4.78 is 38.2. The Hall–Kier alpha value is -2.13. The lowest BCUT2D eigenvalue weighted by Gasteiger charge is -2.24. The second kappa shape index (κ2) is 13.7. The van der Waals surface area contributed by atoms with Crippen LogP contribution in [-0.2, 0) is 32.7 Å². The normalized spacial score (nSPS) is 21.9. The van der Waals surface area contributed by atoms with Crippen molar-refractivity contribution in [2.75, 3.05) is 31.3 Å². The molecule has 1 saturated heterocycles. The zero-order chi connectivity index (χ0) is 29.7. The van der Waals surface area contributed by atoms with Crippen molar-refractivity contribution < 1.29 is 37.8 Å². The molecule has 1 fully saturated rings. The molecule has 4 N–H and O–H groups in total. The van der Waals surface area contributed by atoms with Gasteiger partial charge >= 0.3 is 13.7 Å². The summed E-state index contributed by atoms with van der Waals surface area (Å²) in [7, 11) is -4.04. The summed E-state index contributed by atoms with van der Waals surface area (Å²) in [6.07, 6.45) is 2.30. The van der Waals surface area contributed by atoms with E-state index in [9.17, 15) is 19.3 Å². The molecular formula is C24H39N6O8PS. The van der Waals surface area contributed by atoms with Gasteiger partial charge in [0.2, 0.25) is 0 Å². The molecule has 0 amide bonds. The van der Waals surface area contributed by atoms with Gasteiger partial charge in [-0.1, -0.05) is 18.7 Å². The maximum atomic E-state index is 13.7. The molecule has 1 aliphatic rings. The highest BCUT2D eigenvalue weighted by Crippen LogP contribution is 2.46. The molecule has 14 nitrogen and oxygen atoms in total. The molecule has 0 saturated carbocycles. The first-order chi connectivity index (χ1) is 18.8. The number of hydrogen-bond donors (Lipinski definition) is 3. The smallest absolute Gasteiger partial charge is 0.406 e. The van der Waals surface area contributed by atoms with Crippen LogP contribution in [0.2, 0.25) is 0 Å². The highest BCUT2D eigenvalue weighted by Gasteiger charge is 2.38. The molecule has 2 aromatic heterocycles. The van der Waals surface area contributed by atoms with Gasteiger partial charge in [0.25, 0.3) is 0 Å². The number of nitrogens with zero attached hydrogens (tertiary/aromatic N) is 4. The Morgan fingerprint density at radius 2 is 2.02 bits per heavy atom. The number of anilines is 1. The van der Waals surface area contributed by atoms with Crippen molar-refractivity contribution in [2.24, 2.45) is 11.3 Å². The third-order valence-corrected chi connectivity index (χ3v) is 9.03. The number of nitrogen functional groups attached to an aromatic ring is 1. The first kappa shape index (κ1) is 32.4. The Kier molecular flexibility index (Phi) is 11.1. The number of ether oxygens (including phenoxy) is 2. The van der Waals surface area contributed by atoms with Crippen molar-refractivity contribution >= 4 is 47.6 Å². The van der Waals surface area contributed by atoms with Crippen LogP contribution in [0.25, 0.3) is 11.2 Å². The van der Waals surface area contributed by atoms with Crippen LogP contribution in [0.3, 0.4) is 0 Å². The second-order valence-corrected chi connectivity index (χ2v) is 13.4. The number of aliphatic hydroxyl groups excluding tert-OH is 1. The van der Waals surface area contributed by atoms with Gasteiger partial charge in [0, 0.05) is 11.7 Å². The molecule has 1 aliphatic heterocycles. The lowest BCUT2D eigenvalue weighted by Crippen LogP contribution is -2.36. The fourth-order valence-electron chi connectivity index (χ4n) is 3.89. The van der Waals surface area contributed by atoms with Crippen molar-refractivity contribution in [1.29, 1.82) is 0 Å². The Morgan fingerprint density at radius 3 is 2.70 bits per heavy atom. The van der Waals surface area contributed by atoms with Crippen molar-refractivity contribution in [3.05, 3.63) is 12.7 Å². The van der Waals surface area contributed by atoms with E-state index in [0.29, 0.717) is 17.6 Å². The van der Waals surface area contributed by atoms with E-state index < -0.39 is 37.5 Å². The van der Waals surface area contributed by atoms with Crippen molar-refractivity contribution in [3.8, 4) is 0 Å². The van der Waals surface area contributed by atoms with Crippen molar-refractivity contribution in [2.45, 2.75) is 72.4 Å². The number of nitrogens with one attached hydrogen (secondary N) is 1. The van der Waals surface area contributed by atoms with E-state index in [2.05, 4.69) is 20.0 Å². The zero-order valence-corrected chi connectivity index (χ0v) is 25.3. The zero-order valence-electron chi connectivity index (χ0n) is 23.6. The van der Waals surface area contributed by atoms with E-state index in [0.717, 1.165) is 11.8 Å². The predicted molar refractivity (Wildman–Crippen MR) is 149 cm³/mol. The number of carbonyl (C=O) groups excluding carboxylic acids is 2. The fraction of sp³-hybridized carbons (Fsp3) is 0.708. The van der Waals surface area contributed by atoms with Gasteiger partial charge in [-0.2, -0.15) is 0 Å². The standard InChI is InChI=1S/C24H39N6O8PS/c1-14(2)37-22(32)16(4)29-39(34,35-7-8-40-23(33)24(5,6)11-31)36-10-17-9-15(3)21(38-17)30-13-28-18-19(25)26-12-27-20(18)30/h12-17,21,31H,7-11H2,1-6H3,(H,29,34)(H2,25,26,27). The van der Waals surface area contributed by atoms with Gasteiger partial charge in [-0.3, -0.25) is 23.2 Å². The quantitative estimate of drug-likeness (QED) is 0.162. The molecular weight excluding hydrogens is 563 g/mol. The number of rotatable bonds is 14. The van der Waals surface area contributed by atoms with Crippen LogP contribution in [0.4, 0.5) is 5.82 Å². The maximum absolute atomic E-state index is 13.7. The van der Waals surface area contributed by atoms with Gasteiger partial charge in [0.05, 0.1) is 43.8 Å². The van der Waals surface area contributed by atoms with Crippen LogP contribution in [0.15, 0.2) is 12.7 Å². The first-order valence-electron chi connectivity index (χ1n) is 13.0. The summed E-state index contributed by atoms with van der Waals surface area (Å²) in [6.45, 7) is 9.67. The summed E-state index contributed by atoms with van der Waals surface area (Å²) in [4.78, 5) is 37.2. The van der Waals surface area contributed by atoms with E-state index >= 15 is 0 Å². The highest BCUT2D eigenvalue weighted by atomic mass is 32.2. The minimum absolute atomic E-state index is 0.0349. The lowest BCUT2D eigenvalue weighted by atomic mass is 9.97. The third kappa shape index (κ3) is 8.21. The number of imidazole rings is 1. The van der Waals surface area contributed by atoms with Crippen LogP contribution in [-0.4, -0.2) is 79.5 Å². The molecule has 0 spiro atoms. The average molecular weight is 603 g/mol. The number of nitrogens with two attached hydrogens (primary N) is 1. The summed E-state index contributed by atoms with van der Waals surface area (Å²) in [5.41, 5.74) is 6.00. The van der Waals surface area contributed by atoms with Crippen LogP contribution in [0.1, 0.15) is 54.2 Å². The van der Waals surface area contributed by atoms with Gasteiger partial charge in [-0.25, -0.2) is 24.6 Å². The number of hydrogen-bond acceptors (Lipinski definition) is 13. The molecule has 3 heterocycles. The largest absolute Gasteiger partial charge is 0.462 e. The van der Waals surface area contributed by atoms with Crippen molar-refractivity contribution in [1.82, 2.24) is 24.6 Å². The fourth-order valence-corrected chi connectivity index (χ4v) is 6.32. The van der Waals surface area contributed by atoms with E-state index in [1.165, 1.54) is 13.3 Å². The number of carbonyl (C=O) groups is 2. The second-order valence-electron chi connectivity index (χ2n) is 10.6. The molecule has 5 atom stereocenters. The number of aliphatic hydroxyl groups is 1. The maximum Gasteiger partial charge on any atom is 0.406 e. The molecule has 0 aliphatic carbocycles. The highest BCUT2D eigenvalue weighted by molar-refractivity contribution is 8.13. The Bertz CT molecular complexity index is 1230. The minimum Gasteiger partial charge on any atom is -0.462 e. The summed E-state index contributed by atoms with van der Waals surface area (Å²) in [5.74, 6) is -0.147. The van der Waals surface area contributed by atoms with Crippen LogP contribution >= 0.6 is 19.5 Å². The predicted octanol–water partition coefficient (Wildman–Crippen LogP) is 2.68. The number of aromatic nitrogens is 4. The van der Waals surface area contributed by atoms with Crippen LogP contribution in [0.5, 0.6) is 0 Å². The number of esters is 1. The average Bonchev–Trinajstić information content (AvgIpc) is 3.48. The molecule has 40 heavy (non-hydrogen) atoms. The first-order valence-corrected chi connectivity index (χ1v) is 15.5. The topological polar surface area (TPSA) is 190 Å². The summed E-state index contributed by atoms with van der Waals surface area (Å²) >= 11 is 0.954. The van der Waals surface area contributed by atoms with Crippen LogP contribution in [0, 0.1) is 11.3 Å². The van der Waals surface area contributed by atoms with E-state index in [-0.39, 0.29) is 48.5 Å². The SMILES string of the molecule is CC(C)OC(=O)C(C)NP(=O)(OCCSC(=O)C(C)(C)CO)OCC1CC(C)C(n2cnc3c(N)ncnc32)O1. The Labute approximate surface area is 237 Å². The van der Waals surface area contributed by atoms with Crippen LogP contribution < -0.4 is 10.8 Å². The lowest BCUT2D eigenvalue weighted by molar-refractivity contribution is -0.149. The van der Waals surface area contributed by atoms with E-state index in [1.54, 1.807) is 38.6 Å². The molecule has 0 bridgehead atoms. The van der Waals surface area contributed by atoms with Gasteiger partial charge in [-0.15, -0.1) is 0 Å². The van der Waals surface area contributed by atoms with E-state index in [1.807, 2.05) is 6.92 Å². The molecule has 2 aromatic rings. The van der Waals surface area contributed by atoms with Gasteiger partial charge in [-0.05, 0) is 41.0 Å². The molecule has 224 valence electrons. The number of fused-ring (bicyclic) bond motifs is 1. The number of thioether (sulfide) groups is 1. The van der Waals surface area contributed by atoms with Gasteiger partial charge in [0.1, 0.15) is 24.1 Å². The minimum atomic E-state index is -4.04. The van der Waals surface area contributed by atoms with E-state index in [4.69, 9.17) is 24.3 Å². The molecule has 0 radical (unpaired) electrons. The summed E-state index contributed by atoms with van der Waals surface area (Å²) in [5, 5.41) is 11.8. The summed E-state index contributed by atoms with van der Waals surface area (Å²) in [6, 6.07) is -0.991. The molecule has 3 rings (SSSR count). The Balaban J connectivity index is 1.65. The molecule has 16 heteroatoms. The third-order valence-electron chi connectivity index (χ3n) is 6.13. The van der Waals surface area contributed by atoms with Gasteiger partial charge in [0.15, 0.2) is 16.6 Å². The monoisotopic (exact) mass is 602 g/mol. The molecule has 0 aromatic carbocycles. The molecule has 5 unspecified atom stereocenters. The van der Waals surface area contributed by atoms with Crippen molar-refractivity contribution in [3.63, 3.8) is 0 Å².